The molecule has 0 aliphatic carbocycles. The second-order valence-corrected chi connectivity index (χ2v) is 5.95. The van der Waals surface area contributed by atoms with Gasteiger partial charge in [0.1, 0.15) is 22.4 Å². The fourth-order valence-electron chi connectivity index (χ4n) is 2.34. The highest BCUT2D eigenvalue weighted by Gasteiger charge is 2.19. The summed E-state index contributed by atoms with van der Waals surface area (Å²) in [4.78, 5) is 10.8. The van der Waals surface area contributed by atoms with Crippen LogP contribution in [-0.2, 0) is 4.74 Å². The van der Waals surface area contributed by atoms with Gasteiger partial charge in [-0.1, -0.05) is 6.92 Å². The third-order valence-corrected chi connectivity index (χ3v) is 4.16. The number of ether oxygens (including phenoxy) is 1. The minimum absolute atomic E-state index is 0.308. The van der Waals surface area contributed by atoms with Crippen molar-refractivity contribution in [3.63, 3.8) is 0 Å². The van der Waals surface area contributed by atoms with Gasteiger partial charge in [0.15, 0.2) is 0 Å². The molecular formula is C14H23BrN4O. The second kappa shape index (κ2) is 7.78. The van der Waals surface area contributed by atoms with Crippen molar-refractivity contribution in [1.29, 1.82) is 0 Å². The van der Waals surface area contributed by atoms with Gasteiger partial charge in [-0.2, -0.15) is 0 Å². The third-order valence-electron chi connectivity index (χ3n) is 3.43. The lowest BCUT2D eigenvalue weighted by Gasteiger charge is -2.28. The van der Waals surface area contributed by atoms with E-state index in [1.807, 2.05) is 0 Å². The SMILES string of the molecule is CCCNc1ncnc(N(C)CC2CCCCO2)c1Br. The Hall–Kier alpha value is -0.880. The number of aromatic nitrogens is 2. The molecule has 1 aromatic rings. The van der Waals surface area contributed by atoms with Crippen molar-refractivity contribution >= 4 is 27.6 Å². The minimum atomic E-state index is 0.308. The van der Waals surface area contributed by atoms with E-state index in [1.165, 1.54) is 12.8 Å². The van der Waals surface area contributed by atoms with Crippen LogP contribution in [0.1, 0.15) is 32.6 Å². The molecule has 0 saturated carbocycles. The molecule has 1 aromatic heterocycles. The van der Waals surface area contributed by atoms with E-state index in [1.54, 1.807) is 6.33 Å². The van der Waals surface area contributed by atoms with Gasteiger partial charge in [-0.3, -0.25) is 0 Å². The molecule has 0 bridgehead atoms. The molecule has 1 atom stereocenters. The lowest BCUT2D eigenvalue weighted by Crippen LogP contribution is -2.34. The molecule has 1 fully saturated rings. The summed E-state index contributed by atoms with van der Waals surface area (Å²) in [6, 6.07) is 0. The first kappa shape index (κ1) is 15.5. The highest BCUT2D eigenvalue weighted by atomic mass is 79.9. The van der Waals surface area contributed by atoms with Crippen LogP contribution in [0.4, 0.5) is 11.6 Å². The number of rotatable bonds is 6. The normalized spacial score (nSPS) is 18.9. The molecule has 6 heteroatoms. The molecule has 0 spiro atoms. The van der Waals surface area contributed by atoms with Crippen molar-refractivity contribution in [2.45, 2.75) is 38.7 Å². The van der Waals surface area contributed by atoms with Crippen LogP contribution in [0, 0.1) is 0 Å². The molecular weight excluding hydrogens is 320 g/mol. The first-order valence-corrected chi connectivity index (χ1v) is 8.08. The number of halogens is 1. The molecule has 0 aromatic carbocycles. The Bertz CT molecular complexity index is 424. The van der Waals surface area contributed by atoms with Crippen LogP contribution in [0.3, 0.4) is 0 Å². The highest BCUT2D eigenvalue weighted by molar-refractivity contribution is 9.10. The molecule has 2 heterocycles. The lowest BCUT2D eigenvalue weighted by atomic mass is 10.1. The summed E-state index contributed by atoms with van der Waals surface area (Å²) in [6.45, 7) is 4.79. The molecule has 112 valence electrons. The monoisotopic (exact) mass is 342 g/mol. The fourth-order valence-corrected chi connectivity index (χ4v) is 2.98. The van der Waals surface area contributed by atoms with E-state index in [4.69, 9.17) is 4.74 Å². The maximum Gasteiger partial charge on any atom is 0.148 e. The van der Waals surface area contributed by atoms with Crippen molar-refractivity contribution in [2.24, 2.45) is 0 Å². The smallest absolute Gasteiger partial charge is 0.148 e. The van der Waals surface area contributed by atoms with Crippen LogP contribution in [0.2, 0.25) is 0 Å². The predicted molar refractivity (Wildman–Crippen MR) is 85.4 cm³/mol. The Morgan fingerprint density at radius 2 is 2.30 bits per heavy atom. The first-order chi connectivity index (χ1) is 9.72. The zero-order valence-corrected chi connectivity index (χ0v) is 13.8. The molecule has 2 rings (SSSR count). The van der Waals surface area contributed by atoms with Crippen molar-refractivity contribution in [1.82, 2.24) is 9.97 Å². The van der Waals surface area contributed by atoms with Gasteiger partial charge in [-0.25, -0.2) is 9.97 Å². The van der Waals surface area contributed by atoms with Crippen molar-refractivity contribution in [2.75, 3.05) is 37.0 Å². The van der Waals surface area contributed by atoms with E-state index in [9.17, 15) is 0 Å². The van der Waals surface area contributed by atoms with Crippen LogP contribution >= 0.6 is 15.9 Å². The quantitative estimate of drug-likeness (QED) is 0.860. The molecule has 0 amide bonds. The van der Waals surface area contributed by atoms with Gasteiger partial charge in [0.25, 0.3) is 0 Å². The Morgan fingerprint density at radius 3 is 3.00 bits per heavy atom. The largest absolute Gasteiger partial charge is 0.376 e. The first-order valence-electron chi connectivity index (χ1n) is 7.29. The predicted octanol–water partition coefficient (Wildman–Crippen LogP) is 3.07. The third kappa shape index (κ3) is 4.06. The van der Waals surface area contributed by atoms with Gasteiger partial charge >= 0.3 is 0 Å². The molecule has 1 N–H and O–H groups in total. The molecule has 1 saturated heterocycles. The average molecular weight is 343 g/mol. The topological polar surface area (TPSA) is 50.3 Å². The minimum Gasteiger partial charge on any atom is -0.376 e. The Kier molecular flexibility index (Phi) is 6.04. The summed E-state index contributed by atoms with van der Waals surface area (Å²) in [5, 5.41) is 3.31. The molecule has 1 aliphatic rings. The van der Waals surface area contributed by atoms with E-state index in [-0.39, 0.29) is 0 Å². The van der Waals surface area contributed by atoms with E-state index in [0.717, 1.165) is 48.6 Å². The summed E-state index contributed by atoms with van der Waals surface area (Å²) in [5.41, 5.74) is 0. The van der Waals surface area contributed by atoms with Crippen molar-refractivity contribution in [3.05, 3.63) is 10.8 Å². The van der Waals surface area contributed by atoms with Crippen molar-refractivity contribution < 1.29 is 4.74 Å². The standard InChI is InChI=1S/C14H23BrN4O/c1-3-7-16-13-12(15)14(18-10-17-13)19(2)9-11-6-4-5-8-20-11/h10-11H,3-9H2,1-2H3,(H,16,17,18). The maximum absolute atomic E-state index is 5.79. The fraction of sp³-hybridized carbons (Fsp3) is 0.714. The van der Waals surface area contributed by atoms with E-state index in [0.29, 0.717) is 6.10 Å². The number of hydrogen-bond acceptors (Lipinski definition) is 5. The number of likely N-dealkylation sites (N-methyl/N-ethyl adjacent to an activating group) is 1. The van der Waals surface area contributed by atoms with E-state index >= 15 is 0 Å². The summed E-state index contributed by atoms with van der Waals surface area (Å²) in [6.07, 6.45) is 6.56. The Balaban J connectivity index is 2.02. The lowest BCUT2D eigenvalue weighted by molar-refractivity contribution is 0.0215. The average Bonchev–Trinajstić information content (AvgIpc) is 2.47. The Labute approximate surface area is 129 Å². The summed E-state index contributed by atoms with van der Waals surface area (Å²) in [5.74, 6) is 1.76. The second-order valence-electron chi connectivity index (χ2n) is 5.16. The maximum atomic E-state index is 5.79. The molecule has 5 nitrogen and oxygen atoms in total. The molecule has 1 unspecified atom stereocenters. The van der Waals surface area contributed by atoms with E-state index < -0.39 is 0 Å². The number of anilines is 2. The number of nitrogens with one attached hydrogen (secondary N) is 1. The van der Waals surface area contributed by atoms with Gasteiger partial charge in [0, 0.05) is 26.7 Å². The van der Waals surface area contributed by atoms with Crippen LogP contribution in [0.25, 0.3) is 0 Å². The molecule has 20 heavy (non-hydrogen) atoms. The van der Waals surface area contributed by atoms with Gasteiger partial charge in [-0.15, -0.1) is 0 Å². The molecule has 0 radical (unpaired) electrons. The van der Waals surface area contributed by atoms with Crippen molar-refractivity contribution in [3.8, 4) is 0 Å². The number of hydrogen-bond donors (Lipinski definition) is 1. The van der Waals surface area contributed by atoms with Crippen LogP contribution in [0.15, 0.2) is 10.8 Å². The summed E-state index contributed by atoms with van der Waals surface area (Å²) >= 11 is 3.61. The Morgan fingerprint density at radius 1 is 1.45 bits per heavy atom. The van der Waals surface area contributed by atoms with Gasteiger partial charge in [-0.05, 0) is 41.6 Å². The van der Waals surface area contributed by atoms with Gasteiger partial charge < -0.3 is 15.0 Å². The van der Waals surface area contributed by atoms with Crippen LogP contribution < -0.4 is 10.2 Å². The highest BCUT2D eigenvalue weighted by Crippen LogP contribution is 2.29. The van der Waals surface area contributed by atoms with Gasteiger partial charge in [0.2, 0.25) is 0 Å². The summed E-state index contributed by atoms with van der Waals surface area (Å²) < 4.78 is 6.71. The zero-order valence-electron chi connectivity index (χ0n) is 12.2. The van der Waals surface area contributed by atoms with Gasteiger partial charge in [0.05, 0.1) is 6.10 Å². The number of nitrogens with zero attached hydrogens (tertiary/aromatic N) is 3. The van der Waals surface area contributed by atoms with Crippen LogP contribution in [-0.4, -0.2) is 42.8 Å². The van der Waals surface area contributed by atoms with E-state index in [2.05, 4.69) is 50.1 Å². The zero-order chi connectivity index (χ0) is 14.4. The molecule has 1 aliphatic heterocycles. The van der Waals surface area contributed by atoms with Crippen LogP contribution in [0.5, 0.6) is 0 Å². The summed E-state index contributed by atoms with van der Waals surface area (Å²) in [7, 11) is 2.05.